The van der Waals surface area contributed by atoms with Crippen molar-refractivity contribution in [1.29, 1.82) is 0 Å². The second-order valence-electron chi connectivity index (χ2n) is 6.70. The molecule has 1 aromatic carbocycles. The molecule has 8 heteroatoms. The van der Waals surface area contributed by atoms with E-state index in [1.54, 1.807) is 0 Å². The van der Waals surface area contributed by atoms with Crippen LogP contribution in [0.1, 0.15) is 41.1 Å². The Morgan fingerprint density at radius 2 is 1.97 bits per heavy atom. The van der Waals surface area contributed by atoms with Crippen LogP contribution < -0.4 is 16.4 Å². The van der Waals surface area contributed by atoms with Crippen molar-refractivity contribution in [3.63, 3.8) is 0 Å². The number of hydrogen-bond donors (Lipinski definition) is 3. The summed E-state index contributed by atoms with van der Waals surface area (Å²) >= 11 is 2.90. The van der Waals surface area contributed by atoms with Crippen LogP contribution in [0.25, 0.3) is 11.3 Å². The molecule has 0 aliphatic carbocycles. The second-order valence-corrected chi connectivity index (χ2v) is 8.88. The van der Waals surface area contributed by atoms with Crippen molar-refractivity contribution in [2.75, 3.05) is 5.32 Å². The van der Waals surface area contributed by atoms with Gasteiger partial charge in [0.15, 0.2) is 5.13 Å². The minimum absolute atomic E-state index is 0.0864. The first-order valence-corrected chi connectivity index (χ1v) is 11.1. The zero-order chi connectivity index (χ0) is 20.8. The fourth-order valence-corrected chi connectivity index (χ4v) is 4.71. The fraction of sp³-hybridized carbons (Fsp3) is 0.286. The number of thiazole rings is 1. The molecule has 6 nitrogen and oxygen atoms in total. The van der Waals surface area contributed by atoms with E-state index in [0.717, 1.165) is 33.9 Å². The summed E-state index contributed by atoms with van der Waals surface area (Å²) in [6, 6.07) is 11.0. The van der Waals surface area contributed by atoms with Gasteiger partial charge in [-0.3, -0.25) is 4.79 Å². The number of hydrogen-bond acceptors (Lipinski definition) is 5. The van der Waals surface area contributed by atoms with Gasteiger partial charge in [-0.05, 0) is 30.4 Å². The maximum absolute atomic E-state index is 12.5. The summed E-state index contributed by atoms with van der Waals surface area (Å²) in [6.45, 7) is 4.15. The van der Waals surface area contributed by atoms with Gasteiger partial charge in [-0.15, -0.1) is 22.7 Å². The number of anilines is 1. The molecule has 3 rings (SSSR count). The van der Waals surface area contributed by atoms with Crippen molar-refractivity contribution < 1.29 is 9.59 Å². The van der Waals surface area contributed by atoms with Gasteiger partial charge in [0.2, 0.25) is 5.91 Å². The predicted octanol–water partition coefficient (Wildman–Crippen LogP) is 4.87. The highest BCUT2D eigenvalue weighted by atomic mass is 32.1. The normalized spacial score (nSPS) is 11.8. The standard InChI is InChI=1S/C21H24N4O2S2/c1-3-5-14-7-9-15(10-8-14)19-13(2)29-21(25-19)24-18(26)12-16(23-20(22)27)17-6-4-11-28-17/h4,6-11,16H,3,5,12H2,1-2H3,(H3,22,23,27)(H,24,25,26). The molecule has 3 aromatic rings. The van der Waals surface area contributed by atoms with E-state index < -0.39 is 12.1 Å². The van der Waals surface area contributed by atoms with Gasteiger partial charge in [-0.2, -0.15) is 0 Å². The third-order valence-electron chi connectivity index (χ3n) is 4.40. The average Bonchev–Trinajstić information content (AvgIpc) is 3.32. The van der Waals surface area contributed by atoms with Crippen LogP contribution in [-0.2, 0) is 11.2 Å². The van der Waals surface area contributed by atoms with E-state index in [1.807, 2.05) is 24.4 Å². The Bertz CT molecular complexity index is 965. The van der Waals surface area contributed by atoms with E-state index in [4.69, 9.17) is 5.73 Å². The maximum Gasteiger partial charge on any atom is 0.312 e. The maximum atomic E-state index is 12.5. The van der Waals surface area contributed by atoms with Gasteiger partial charge in [0.1, 0.15) is 0 Å². The molecule has 0 bridgehead atoms. The summed E-state index contributed by atoms with van der Waals surface area (Å²) in [7, 11) is 0. The quantitative estimate of drug-likeness (QED) is 0.477. The second kappa shape index (κ2) is 9.67. The number of carbonyl (C=O) groups is 2. The molecule has 0 aliphatic rings. The smallest absolute Gasteiger partial charge is 0.312 e. The van der Waals surface area contributed by atoms with Crippen LogP contribution in [0.15, 0.2) is 41.8 Å². The lowest BCUT2D eigenvalue weighted by molar-refractivity contribution is -0.116. The van der Waals surface area contributed by atoms with E-state index in [9.17, 15) is 9.59 Å². The Balaban J connectivity index is 1.69. The molecule has 0 aliphatic heterocycles. The molecule has 0 saturated carbocycles. The zero-order valence-electron chi connectivity index (χ0n) is 16.4. The lowest BCUT2D eigenvalue weighted by Crippen LogP contribution is -2.34. The summed E-state index contributed by atoms with van der Waals surface area (Å²) in [6.07, 6.45) is 2.26. The van der Waals surface area contributed by atoms with Gasteiger partial charge in [0.25, 0.3) is 0 Å². The van der Waals surface area contributed by atoms with Crippen molar-refractivity contribution in [2.24, 2.45) is 5.73 Å². The van der Waals surface area contributed by atoms with Crippen molar-refractivity contribution in [3.05, 3.63) is 57.1 Å². The monoisotopic (exact) mass is 428 g/mol. The van der Waals surface area contributed by atoms with Crippen LogP contribution in [0.4, 0.5) is 9.93 Å². The molecule has 0 fully saturated rings. The number of benzene rings is 1. The molecule has 1 atom stereocenters. The number of nitrogens with two attached hydrogens (primary N) is 1. The Labute approximate surface area is 178 Å². The van der Waals surface area contributed by atoms with Gasteiger partial charge >= 0.3 is 6.03 Å². The van der Waals surface area contributed by atoms with Gasteiger partial charge < -0.3 is 16.4 Å². The van der Waals surface area contributed by atoms with Crippen molar-refractivity contribution in [1.82, 2.24) is 10.3 Å². The van der Waals surface area contributed by atoms with E-state index in [-0.39, 0.29) is 12.3 Å². The zero-order valence-corrected chi connectivity index (χ0v) is 18.0. The summed E-state index contributed by atoms with van der Waals surface area (Å²) in [5.74, 6) is -0.226. The predicted molar refractivity (Wildman–Crippen MR) is 119 cm³/mol. The number of urea groups is 1. The van der Waals surface area contributed by atoms with E-state index in [2.05, 4.69) is 46.8 Å². The van der Waals surface area contributed by atoms with Crippen LogP contribution in [0.3, 0.4) is 0 Å². The number of nitrogens with zero attached hydrogens (tertiary/aromatic N) is 1. The Morgan fingerprint density at radius 3 is 2.59 bits per heavy atom. The molecule has 4 N–H and O–H groups in total. The fourth-order valence-electron chi connectivity index (χ4n) is 3.08. The van der Waals surface area contributed by atoms with E-state index in [0.29, 0.717) is 5.13 Å². The van der Waals surface area contributed by atoms with Gasteiger partial charge in [0, 0.05) is 15.3 Å². The van der Waals surface area contributed by atoms with Crippen LogP contribution in [-0.4, -0.2) is 16.9 Å². The number of primary amides is 1. The van der Waals surface area contributed by atoms with E-state index >= 15 is 0 Å². The third kappa shape index (κ3) is 5.65. The van der Waals surface area contributed by atoms with Crippen molar-refractivity contribution in [2.45, 2.75) is 39.2 Å². The van der Waals surface area contributed by atoms with Gasteiger partial charge in [-0.1, -0.05) is 43.7 Å². The van der Waals surface area contributed by atoms with Crippen molar-refractivity contribution in [3.8, 4) is 11.3 Å². The number of rotatable bonds is 8. The highest BCUT2D eigenvalue weighted by Crippen LogP contribution is 2.31. The first-order valence-electron chi connectivity index (χ1n) is 9.42. The van der Waals surface area contributed by atoms with Crippen molar-refractivity contribution >= 4 is 39.7 Å². The Kier molecular flexibility index (Phi) is 7.00. The van der Waals surface area contributed by atoms with Crippen LogP contribution in [0, 0.1) is 6.92 Å². The highest BCUT2D eigenvalue weighted by molar-refractivity contribution is 7.16. The molecule has 152 valence electrons. The molecule has 3 amide bonds. The van der Waals surface area contributed by atoms with Crippen LogP contribution >= 0.6 is 22.7 Å². The molecule has 0 radical (unpaired) electrons. The summed E-state index contributed by atoms with van der Waals surface area (Å²) in [5, 5.41) is 7.92. The number of thiophene rings is 1. The minimum Gasteiger partial charge on any atom is -0.352 e. The number of aromatic nitrogens is 1. The molecule has 0 spiro atoms. The summed E-state index contributed by atoms with van der Waals surface area (Å²) < 4.78 is 0. The molecule has 2 heterocycles. The molecule has 1 unspecified atom stereocenters. The summed E-state index contributed by atoms with van der Waals surface area (Å²) in [5.41, 5.74) is 8.47. The number of carbonyl (C=O) groups excluding carboxylic acids is 2. The molecule has 29 heavy (non-hydrogen) atoms. The summed E-state index contributed by atoms with van der Waals surface area (Å²) in [4.78, 5) is 30.3. The Morgan fingerprint density at radius 1 is 1.21 bits per heavy atom. The molecular formula is C21H24N4O2S2. The average molecular weight is 429 g/mol. The van der Waals surface area contributed by atoms with Gasteiger partial charge in [0.05, 0.1) is 18.2 Å². The largest absolute Gasteiger partial charge is 0.352 e. The molecule has 2 aromatic heterocycles. The SMILES string of the molecule is CCCc1ccc(-c2nc(NC(=O)CC(NC(N)=O)c3cccs3)sc2C)cc1. The first-order chi connectivity index (χ1) is 14.0. The van der Waals surface area contributed by atoms with Gasteiger partial charge in [-0.25, -0.2) is 9.78 Å². The molecule has 0 saturated heterocycles. The topological polar surface area (TPSA) is 97.1 Å². The number of aryl methyl sites for hydroxylation is 2. The third-order valence-corrected chi connectivity index (χ3v) is 6.27. The molecular weight excluding hydrogens is 404 g/mol. The van der Waals surface area contributed by atoms with E-state index in [1.165, 1.54) is 28.2 Å². The lowest BCUT2D eigenvalue weighted by Gasteiger charge is -2.15. The van der Waals surface area contributed by atoms with Crippen LogP contribution in [0.2, 0.25) is 0 Å². The minimum atomic E-state index is -0.657. The number of amides is 3. The Hall–Kier alpha value is -2.71. The first kappa shape index (κ1) is 21.0. The highest BCUT2D eigenvalue weighted by Gasteiger charge is 2.20. The lowest BCUT2D eigenvalue weighted by atomic mass is 10.1. The van der Waals surface area contributed by atoms with Crippen LogP contribution in [0.5, 0.6) is 0 Å². The number of nitrogens with one attached hydrogen (secondary N) is 2.